The Morgan fingerprint density at radius 3 is 2.44 bits per heavy atom. The van der Waals surface area contributed by atoms with E-state index in [0.717, 1.165) is 28.7 Å². The summed E-state index contributed by atoms with van der Waals surface area (Å²) in [4.78, 5) is 13.2. The van der Waals surface area contributed by atoms with Gasteiger partial charge in [-0.05, 0) is 18.4 Å². The number of rotatable bonds is 3. The number of aryl methyl sites for hydroxylation is 1. The van der Waals surface area contributed by atoms with Crippen LogP contribution >= 0.6 is 0 Å². The molecule has 0 saturated carbocycles. The van der Waals surface area contributed by atoms with Gasteiger partial charge in [-0.15, -0.1) is 0 Å². The second kappa shape index (κ2) is 6.48. The Balaban J connectivity index is 2.24. The molecule has 2 heterocycles. The number of hydrogen-bond donors (Lipinski definition) is 1. The van der Waals surface area contributed by atoms with E-state index in [4.69, 9.17) is 4.98 Å². The summed E-state index contributed by atoms with van der Waals surface area (Å²) >= 11 is 0. The van der Waals surface area contributed by atoms with Crippen LogP contribution in [-0.4, -0.2) is 21.5 Å². The van der Waals surface area contributed by atoms with E-state index < -0.39 is 0 Å². The van der Waals surface area contributed by atoms with E-state index in [-0.39, 0.29) is 5.41 Å². The van der Waals surface area contributed by atoms with Crippen molar-refractivity contribution in [1.82, 2.24) is 15.0 Å². The summed E-state index contributed by atoms with van der Waals surface area (Å²) in [6.45, 7) is 9.05. The van der Waals surface area contributed by atoms with Gasteiger partial charge in [-0.2, -0.15) is 5.26 Å². The molecule has 126 valence electrons. The van der Waals surface area contributed by atoms with E-state index in [1.54, 1.807) is 12.4 Å². The first kappa shape index (κ1) is 16.8. The first-order valence-corrected chi connectivity index (χ1v) is 8.25. The molecule has 2 aromatic heterocycles. The van der Waals surface area contributed by atoms with Gasteiger partial charge in [-0.1, -0.05) is 39.0 Å². The molecule has 0 fully saturated rings. The summed E-state index contributed by atoms with van der Waals surface area (Å²) in [5, 5.41) is 14.2. The SMILES string of the molecule is Cc1ncc(-c2nc3ccccc3c(NCC(C)(C)C)c2C#N)cn1. The maximum Gasteiger partial charge on any atom is 0.125 e. The molecule has 3 aromatic rings. The highest BCUT2D eigenvalue weighted by atomic mass is 14.9. The highest BCUT2D eigenvalue weighted by Gasteiger charge is 2.18. The minimum Gasteiger partial charge on any atom is -0.383 e. The summed E-state index contributed by atoms with van der Waals surface area (Å²) in [5.74, 6) is 0.689. The molecule has 0 aliphatic carbocycles. The molecule has 1 N–H and O–H groups in total. The highest BCUT2D eigenvalue weighted by molar-refractivity contribution is 5.97. The Morgan fingerprint density at radius 1 is 1.12 bits per heavy atom. The Labute approximate surface area is 147 Å². The minimum atomic E-state index is 0.0875. The molecule has 0 bridgehead atoms. The number of anilines is 1. The van der Waals surface area contributed by atoms with Crippen LogP contribution in [0.25, 0.3) is 22.2 Å². The molecule has 25 heavy (non-hydrogen) atoms. The van der Waals surface area contributed by atoms with Gasteiger partial charge in [0.2, 0.25) is 0 Å². The van der Waals surface area contributed by atoms with Crippen LogP contribution in [0.1, 0.15) is 32.2 Å². The summed E-state index contributed by atoms with van der Waals surface area (Å²) in [6.07, 6.45) is 3.43. The van der Waals surface area contributed by atoms with Crippen molar-refractivity contribution < 1.29 is 0 Å². The van der Waals surface area contributed by atoms with Gasteiger partial charge in [-0.25, -0.2) is 15.0 Å². The van der Waals surface area contributed by atoms with Gasteiger partial charge in [-0.3, -0.25) is 0 Å². The van der Waals surface area contributed by atoms with Crippen LogP contribution in [0.15, 0.2) is 36.7 Å². The van der Waals surface area contributed by atoms with Crippen molar-refractivity contribution >= 4 is 16.6 Å². The molecule has 0 spiro atoms. The summed E-state index contributed by atoms with van der Waals surface area (Å²) in [7, 11) is 0. The van der Waals surface area contributed by atoms with E-state index in [1.807, 2.05) is 31.2 Å². The molecule has 1 aromatic carbocycles. The Hall–Kier alpha value is -3.00. The number of fused-ring (bicyclic) bond motifs is 1. The van der Waals surface area contributed by atoms with Crippen molar-refractivity contribution in [2.24, 2.45) is 5.41 Å². The van der Waals surface area contributed by atoms with E-state index in [9.17, 15) is 5.26 Å². The largest absolute Gasteiger partial charge is 0.383 e. The second-order valence-electron chi connectivity index (χ2n) is 7.27. The fraction of sp³-hybridized carbons (Fsp3) is 0.300. The van der Waals surface area contributed by atoms with Gasteiger partial charge >= 0.3 is 0 Å². The van der Waals surface area contributed by atoms with E-state index in [1.165, 1.54) is 0 Å². The van der Waals surface area contributed by atoms with Gasteiger partial charge in [0.05, 0.1) is 16.9 Å². The Bertz CT molecular complexity index is 947. The molecule has 0 unspecified atom stereocenters. The fourth-order valence-corrected chi connectivity index (χ4v) is 2.58. The number of benzene rings is 1. The van der Waals surface area contributed by atoms with Crippen molar-refractivity contribution in [1.29, 1.82) is 5.26 Å². The summed E-state index contributed by atoms with van der Waals surface area (Å²) in [6, 6.07) is 10.2. The molecule has 0 aliphatic rings. The topological polar surface area (TPSA) is 74.5 Å². The quantitative estimate of drug-likeness (QED) is 0.773. The third-order valence-corrected chi connectivity index (χ3v) is 3.85. The van der Waals surface area contributed by atoms with E-state index in [0.29, 0.717) is 17.1 Å². The monoisotopic (exact) mass is 331 g/mol. The smallest absolute Gasteiger partial charge is 0.125 e. The molecule has 5 nitrogen and oxygen atoms in total. The fourth-order valence-electron chi connectivity index (χ4n) is 2.58. The van der Waals surface area contributed by atoms with Gasteiger partial charge in [0, 0.05) is 29.9 Å². The molecule has 0 amide bonds. The molecule has 5 heteroatoms. The summed E-state index contributed by atoms with van der Waals surface area (Å²) in [5.41, 5.74) is 3.62. The molecular formula is C20H21N5. The molecular weight excluding hydrogens is 310 g/mol. The molecule has 0 saturated heterocycles. The zero-order valence-corrected chi connectivity index (χ0v) is 15.0. The van der Waals surface area contributed by atoms with Crippen molar-refractivity contribution in [2.75, 3.05) is 11.9 Å². The number of para-hydroxylation sites is 1. The number of pyridine rings is 1. The van der Waals surface area contributed by atoms with Crippen LogP contribution in [0.5, 0.6) is 0 Å². The maximum absolute atomic E-state index is 9.83. The van der Waals surface area contributed by atoms with Crippen molar-refractivity contribution in [2.45, 2.75) is 27.7 Å². The van der Waals surface area contributed by atoms with E-state index >= 15 is 0 Å². The molecule has 0 aliphatic heterocycles. The maximum atomic E-state index is 9.83. The van der Waals surface area contributed by atoms with Gasteiger partial charge in [0.25, 0.3) is 0 Å². The Kier molecular flexibility index (Phi) is 4.37. The predicted molar refractivity (Wildman–Crippen MR) is 100 cm³/mol. The van der Waals surface area contributed by atoms with Gasteiger partial charge in [0.15, 0.2) is 0 Å². The average Bonchev–Trinajstić information content (AvgIpc) is 2.58. The lowest BCUT2D eigenvalue weighted by molar-refractivity contribution is 0.443. The van der Waals surface area contributed by atoms with Crippen LogP contribution in [0.4, 0.5) is 5.69 Å². The van der Waals surface area contributed by atoms with Gasteiger partial charge in [0.1, 0.15) is 17.5 Å². The van der Waals surface area contributed by atoms with Crippen molar-refractivity contribution in [3.63, 3.8) is 0 Å². The standard InChI is InChI=1S/C20H21N5/c1-13-22-10-14(11-23-13)18-16(9-21)19(24-12-20(2,3)4)15-7-5-6-8-17(15)25-18/h5-8,10-11H,12H2,1-4H3,(H,24,25). The number of nitrogens with zero attached hydrogens (tertiary/aromatic N) is 4. The van der Waals surface area contributed by atoms with Crippen LogP contribution < -0.4 is 5.32 Å². The highest BCUT2D eigenvalue weighted by Crippen LogP contribution is 2.33. The van der Waals surface area contributed by atoms with Crippen molar-refractivity contribution in [3.8, 4) is 17.3 Å². The van der Waals surface area contributed by atoms with Gasteiger partial charge < -0.3 is 5.32 Å². The second-order valence-corrected chi connectivity index (χ2v) is 7.27. The number of nitriles is 1. The zero-order chi connectivity index (χ0) is 18.0. The first-order valence-electron chi connectivity index (χ1n) is 8.25. The third-order valence-electron chi connectivity index (χ3n) is 3.85. The lowest BCUT2D eigenvalue weighted by Gasteiger charge is -2.22. The summed E-state index contributed by atoms with van der Waals surface area (Å²) < 4.78 is 0. The average molecular weight is 331 g/mol. The minimum absolute atomic E-state index is 0.0875. The van der Waals surface area contributed by atoms with Crippen LogP contribution in [0.3, 0.4) is 0 Å². The molecule has 0 radical (unpaired) electrons. The lowest BCUT2D eigenvalue weighted by atomic mass is 9.96. The normalized spacial score (nSPS) is 11.3. The Morgan fingerprint density at radius 2 is 1.80 bits per heavy atom. The number of hydrogen-bond acceptors (Lipinski definition) is 5. The van der Waals surface area contributed by atoms with Crippen molar-refractivity contribution in [3.05, 3.63) is 48.0 Å². The van der Waals surface area contributed by atoms with Crippen LogP contribution in [0.2, 0.25) is 0 Å². The first-order chi connectivity index (χ1) is 11.9. The lowest BCUT2D eigenvalue weighted by Crippen LogP contribution is -2.20. The zero-order valence-electron chi connectivity index (χ0n) is 15.0. The van der Waals surface area contributed by atoms with E-state index in [2.05, 4.69) is 42.1 Å². The van der Waals surface area contributed by atoms with Crippen LogP contribution in [-0.2, 0) is 0 Å². The molecule has 0 atom stereocenters. The number of aromatic nitrogens is 3. The third kappa shape index (κ3) is 3.58. The number of nitrogens with one attached hydrogen (secondary N) is 1. The predicted octanol–water partition coefficient (Wildman–Crippen LogP) is 4.33. The molecule has 3 rings (SSSR count). The van der Waals surface area contributed by atoms with Crippen LogP contribution in [0, 0.1) is 23.7 Å².